The van der Waals surface area contributed by atoms with Gasteiger partial charge in [-0.05, 0) is 30.0 Å². The van der Waals surface area contributed by atoms with Crippen LogP contribution in [0.5, 0.6) is 0 Å². The van der Waals surface area contributed by atoms with Crippen LogP contribution in [0.3, 0.4) is 0 Å². The van der Waals surface area contributed by atoms with E-state index in [0.29, 0.717) is 0 Å². The van der Waals surface area contributed by atoms with Gasteiger partial charge < -0.3 is 0 Å². The molecule has 0 N–H and O–H groups in total. The third kappa shape index (κ3) is 6.71. The summed E-state index contributed by atoms with van der Waals surface area (Å²) in [5.74, 6) is 0.728. The third-order valence-electron chi connectivity index (χ3n) is 1.57. The smallest absolute Gasteiger partial charge is 0.0377 e. The third-order valence-corrected chi connectivity index (χ3v) is 1.84. The number of hydrogen-bond donors (Lipinski definition) is 0. The number of halogens is 3. The fourth-order valence-corrected chi connectivity index (χ4v) is 1.23. The van der Waals surface area contributed by atoms with Crippen LogP contribution in [-0.2, 0) is 6.42 Å². The molecule has 0 aliphatic carbocycles. The van der Waals surface area contributed by atoms with Gasteiger partial charge in [0.05, 0.1) is 0 Å². The fourth-order valence-electron chi connectivity index (χ4n) is 1.10. The van der Waals surface area contributed by atoms with Crippen molar-refractivity contribution < 1.29 is 14.1 Å². The zero-order valence-corrected chi connectivity index (χ0v) is 9.04. The molecule has 0 aromatic heterocycles. The Morgan fingerprint density at radius 2 is 1.43 bits per heavy atom. The van der Waals surface area contributed by atoms with Crippen LogP contribution in [0, 0.1) is 5.92 Å². The van der Waals surface area contributed by atoms with E-state index in [0.717, 1.165) is 17.2 Å². The lowest BCUT2D eigenvalue weighted by Gasteiger charge is -2.03. The Morgan fingerprint density at radius 1 is 1.00 bits per heavy atom. The Labute approximate surface area is 88.2 Å². The molecule has 0 unspecified atom stereocenters. The number of benzene rings is 1. The summed E-state index contributed by atoms with van der Waals surface area (Å²) >= 11 is 4.99. The highest BCUT2D eigenvalue weighted by Crippen LogP contribution is 2.11. The Balaban J connectivity index is -0.000000403. The van der Waals surface area contributed by atoms with Gasteiger partial charge in [-0.1, -0.05) is 38.6 Å². The average molecular weight is 225 g/mol. The second-order valence-electron chi connectivity index (χ2n) is 3.24. The summed E-state index contributed by atoms with van der Waals surface area (Å²) in [6, 6.07) is 8.21. The highest BCUT2D eigenvalue weighted by molar-refractivity contribution is 7.80. The maximum Gasteiger partial charge on any atom is 0.0377 e. The van der Waals surface area contributed by atoms with Gasteiger partial charge in [-0.15, -0.1) is 0 Å². The van der Waals surface area contributed by atoms with Crippen LogP contribution in [0.4, 0.5) is 14.1 Å². The van der Waals surface area contributed by atoms with Gasteiger partial charge in [-0.2, -0.15) is 0 Å². The minimum Gasteiger partial charge on any atom is -0.269 e. The van der Waals surface area contributed by atoms with Crippen LogP contribution in [0.25, 0.3) is 0 Å². The first-order chi connectivity index (χ1) is 5.18. The predicted octanol–water partition coefficient (Wildman–Crippen LogP) is 3.90. The second-order valence-corrected chi connectivity index (χ2v) is 3.71. The summed E-state index contributed by atoms with van der Waals surface area (Å²) in [7, 11) is 0. The monoisotopic (exact) mass is 225 g/mol. The molecule has 0 amide bonds. The highest BCUT2D eigenvalue weighted by Gasteiger charge is 1.96. The van der Waals surface area contributed by atoms with E-state index in [1.165, 1.54) is 5.56 Å². The summed E-state index contributed by atoms with van der Waals surface area (Å²) in [5, 5.41) is 0. The zero-order valence-electron chi connectivity index (χ0n) is 8.23. The van der Waals surface area contributed by atoms with Gasteiger partial charge in [-0.3, -0.25) is 14.1 Å². The maximum absolute atomic E-state index is 4.99. The van der Waals surface area contributed by atoms with Crippen molar-refractivity contribution in [2.75, 3.05) is 0 Å². The molecule has 4 heteroatoms. The molecule has 1 aromatic carbocycles. The summed E-state index contributed by atoms with van der Waals surface area (Å²) in [4.78, 5) is 0.928. The number of hydrogen-bond acceptors (Lipinski definition) is 0. The van der Waals surface area contributed by atoms with E-state index in [1.807, 2.05) is 12.1 Å². The fraction of sp³-hybridized carbons (Fsp3) is 0.400. The molecule has 0 fully saturated rings. The Bertz CT molecular complexity index is 221. The summed E-state index contributed by atoms with van der Waals surface area (Å²) in [5.41, 5.74) is 1.38. The van der Waals surface area contributed by atoms with Gasteiger partial charge in [0, 0.05) is 4.90 Å². The van der Waals surface area contributed by atoms with E-state index in [9.17, 15) is 0 Å². The molecule has 14 heavy (non-hydrogen) atoms. The lowest BCUT2D eigenvalue weighted by Crippen LogP contribution is -1.92. The molecule has 0 aliphatic rings. The molecule has 1 aromatic rings. The molecule has 0 nitrogen and oxygen atoms in total. The molecule has 0 heterocycles. The van der Waals surface area contributed by atoms with Crippen LogP contribution in [0.1, 0.15) is 19.4 Å². The largest absolute Gasteiger partial charge is 0.269 e. The van der Waals surface area contributed by atoms with Crippen molar-refractivity contribution in [1.82, 2.24) is 0 Å². The molecule has 0 bridgehead atoms. The zero-order chi connectivity index (χ0) is 8.27. The standard InChI is InChI=1S/C10H13S.3FH/c1-8(2)7-9-3-5-10(11)6-4-9;;;/h3-6,8H,7H2,1-2H3;3*1H. The van der Waals surface area contributed by atoms with Gasteiger partial charge in [0.2, 0.25) is 0 Å². The van der Waals surface area contributed by atoms with Crippen molar-refractivity contribution in [3.05, 3.63) is 29.8 Å². The molecule has 1 radical (unpaired) electrons. The molecule has 0 atom stereocenters. The van der Waals surface area contributed by atoms with Gasteiger partial charge in [0.15, 0.2) is 0 Å². The molecule has 1 rings (SSSR count). The van der Waals surface area contributed by atoms with Crippen molar-refractivity contribution in [1.29, 1.82) is 0 Å². The summed E-state index contributed by atoms with van der Waals surface area (Å²) < 4.78 is 0. The van der Waals surface area contributed by atoms with E-state index < -0.39 is 0 Å². The first kappa shape index (κ1) is 18.9. The molecule has 83 valence electrons. The van der Waals surface area contributed by atoms with Gasteiger partial charge in [0.1, 0.15) is 0 Å². The molecular weight excluding hydrogens is 209 g/mol. The predicted molar refractivity (Wildman–Crippen MR) is 58.4 cm³/mol. The number of rotatable bonds is 2. The van der Waals surface area contributed by atoms with Crippen molar-refractivity contribution in [3.8, 4) is 0 Å². The van der Waals surface area contributed by atoms with Crippen molar-refractivity contribution in [3.63, 3.8) is 0 Å². The van der Waals surface area contributed by atoms with Crippen LogP contribution in [0.15, 0.2) is 29.2 Å². The quantitative estimate of drug-likeness (QED) is 0.716. The van der Waals surface area contributed by atoms with E-state index >= 15 is 0 Å². The molecule has 0 saturated heterocycles. The molecular formula is C10H16F3S. The first-order valence-electron chi connectivity index (χ1n) is 3.94. The van der Waals surface area contributed by atoms with Crippen LogP contribution >= 0.6 is 12.6 Å². The van der Waals surface area contributed by atoms with Crippen LogP contribution in [0.2, 0.25) is 0 Å². The topological polar surface area (TPSA) is 0 Å². The molecule has 0 saturated carbocycles. The maximum atomic E-state index is 4.99. The minimum atomic E-state index is 0. The van der Waals surface area contributed by atoms with Crippen LogP contribution < -0.4 is 0 Å². The van der Waals surface area contributed by atoms with E-state index in [-0.39, 0.29) is 14.1 Å². The Hall–Kier alpha value is -0.770. The van der Waals surface area contributed by atoms with E-state index in [4.69, 9.17) is 12.6 Å². The second kappa shape index (κ2) is 8.81. The average Bonchev–Trinajstić information content (AvgIpc) is 1.93. The SMILES string of the molecule is CC(C)Cc1ccc([S])cc1.F.F.F. The minimum absolute atomic E-state index is 0. The van der Waals surface area contributed by atoms with Crippen molar-refractivity contribution in [2.45, 2.75) is 25.2 Å². The normalized spacial score (nSPS) is 8.21. The summed E-state index contributed by atoms with van der Waals surface area (Å²) in [6.45, 7) is 4.45. The lowest BCUT2D eigenvalue weighted by atomic mass is 10.0. The Kier molecular flexibility index (Phi) is 11.9. The van der Waals surface area contributed by atoms with Gasteiger partial charge in [-0.25, -0.2) is 0 Å². The van der Waals surface area contributed by atoms with Crippen LogP contribution in [-0.4, -0.2) is 0 Å². The van der Waals surface area contributed by atoms with Crippen molar-refractivity contribution in [2.24, 2.45) is 5.92 Å². The molecule has 0 aliphatic heterocycles. The van der Waals surface area contributed by atoms with Gasteiger partial charge >= 0.3 is 0 Å². The van der Waals surface area contributed by atoms with E-state index in [2.05, 4.69) is 26.0 Å². The van der Waals surface area contributed by atoms with E-state index in [1.54, 1.807) is 0 Å². The Morgan fingerprint density at radius 3 is 1.79 bits per heavy atom. The molecule has 0 spiro atoms. The lowest BCUT2D eigenvalue weighted by molar-refractivity contribution is 0.647. The summed E-state index contributed by atoms with van der Waals surface area (Å²) in [6.07, 6.45) is 1.15. The van der Waals surface area contributed by atoms with Crippen molar-refractivity contribution >= 4 is 12.6 Å². The first-order valence-corrected chi connectivity index (χ1v) is 4.35. The highest BCUT2D eigenvalue weighted by atomic mass is 32.1. The van der Waals surface area contributed by atoms with Gasteiger partial charge in [0.25, 0.3) is 0 Å².